The minimum Gasteiger partial charge on any atom is -0.341 e. The Hall–Kier alpha value is -3.98. The SMILES string of the molecule is CC(NC(=O)c1cc(C(F)(F)F)nn1CC(=O)N1CCCC1)c1nc(-c2ccnc(C(F)(F)F)c2)no1. The monoisotopic (exact) mass is 531 g/mol. The van der Waals surface area contributed by atoms with E-state index >= 15 is 0 Å². The third-order valence-corrected chi connectivity index (χ3v) is 5.52. The van der Waals surface area contributed by atoms with Gasteiger partial charge in [-0.3, -0.25) is 14.6 Å². The third kappa shape index (κ3) is 5.89. The molecule has 0 aromatic carbocycles. The highest BCUT2D eigenvalue weighted by atomic mass is 19.4. The molecular formula is C21H19F6N7O3. The molecule has 0 bridgehead atoms. The number of alkyl halides is 6. The summed E-state index contributed by atoms with van der Waals surface area (Å²) in [5.74, 6) is -1.92. The molecule has 4 heterocycles. The fourth-order valence-corrected chi connectivity index (χ4v) is 3.64. The summed E-state index contributed by atoms with van der Waals surface area (Å²) in [5, 5.41) is 9.38. The lowest BCUT2D eigenvalue weighted by molar-refractivity contribution is -0.142. The zero-order valence-electron chi connectivity index (χ0n) is 19.1. The lowest BCUT2D eigenvalue weighted by atomic mass is 10.2. The Kier molecular flexibility index (Phi) is 6.92. The van der Waals surface area contributed by atoms with Gasteiger partial charge >= 0.3 is 12.4 Å². The van der Waals surface area contributed by atoms with Crippen LogP contribution in [0.3, 0.4) is 0 Å². The van der Waals surface area contributed by atoms with Crippen LogP contribution in [0.25, 0.3) is 11.4 Å². The zero-order valence-corrected chi connectivity index (χ0v) is 19.1. The highest BCUT2D eigenvalue weighted by molar-refractivity contribution is 5.93. The number of nitrogens with zero attached hydrogens (tertiary/aromatic N) is 6. The van der Waals surface area contributed by atoms with Crippen LogP contribution in [0.1, 0.15) is 53.6 Å². The Labute approximate surface area is 204 Å². The van der Waals surface area contributed by atoms with E-state index in [1.165, 1.54) is 17.9 Å². The van der Waals surface area contributed by atoms with Crippen LogP contribution in [-0.4, -0.2) is 54.7 Å². The van der Waals surface area contributed by atoms with E-state index in [0.717, 1.165) is 19.0 Å². The minimum atomic E-state index is -4.86. The second-order valence-corrected chi connectivity index (χ2v) is 8.24. The summed E-state index contributed by atoms with van der Waals surface area (Å²) in [6.45, 7) is 1.74. The topological polar surface area (TPSA) is 119 Å². The van der Waals surface area contributed by atoms with Crippen LogP contribution >= 0.6 is 0 Å². The van der Waals surface area contributed by atoms with Crippen molar-refractivity contribution < 1.29 is 40.5 Å². The molecule has 0 spiro atoms. The number of carbonyl (C=O) groups excluding carboxylic acids is 2. The maximum absolute atomic E-state index is 13.3. The quantitative estimate of drug-likeness (QED) is 0.484. The molecule has 0 aliphatic carbocycles. The summed E-state index contributed by atoms with van der Waals surface area (Å²) in [6, 6.07) is 1.41. The van der Waals surface area contributed by atoms with Gasteiger partial charge in [0.2, 0.25) is 17.6 Å². The van der Waals surface area contributed by atoms with Crippen LogP contribution in [0.4, 0.5) is 26.3 Å². The van der Waals surface area contributed by atoms with Crippen LogP contribution in [-0.2, 0) is 23.7 Å². The molecule has 1 unspecified atom stereocenters. The molecule has 4 rings (SSSR count). The molecule has 1 N–H and O–H groups in total. The van der Waals surface area contributed by atoms with E-state index in [9.17, 15) is 35.9 Å². The second kappa shape index (κ2) is 9.82. The average Bonchev–Trinajstić information content (AvgIpc) is 3.58. The lowest BCUT2D eigenvalue weighted by Gasteiger charge is -2.16. The zero-order chi connectivity index (χ0) is 27.0. The van der Waals surface area contributed by atoms with Crippen molar-refractivity contribution in [1.82, 2.24) is 35.1 Å². The van der Waals surface area contributed by atoms with Gasteiger partial charge in [0.25, 0.3) is 5.91 Å². The molecule has 16 heteroatoms. The van der Waals surface area contributed by atoms with Crippen molar-refractivity contribution in [2.75, 3.05) is 13.1 Å². The van der Waals surface area contributed by atoms with Crippen LogP contribution in [0.2, 0.25) is 0 Å². The Morgan fingerprint density at radius 1 is 1.08 bits per heavy atom. The molecular weight excluding hydrogens is 512 g/mol. The standard InChI is InChI=1S/C21H19F6N7O3/c1-11(19-30-17(32-37-19)12-4-5-28-14(8-12)20(22,23)24)29-18(36)13-9-15(21(25,26)27)31-34(13)10-16(35)33-6-2-3-7-33/h4-5,8-9,11H,2-3,6-7,10H2,1H3,(H,29,36). The normalized spacial score (nSPS) is 15.2. The first-order chi connectivity index (χ1) is 17.3. The van der Waals surface area contributed by atoms with Gasteiger partial charge in [0.1, 0.15) is 24.0 Å². The van der Waals surface area contributed by atoms with Crippen molar-refractivity contribution in [2.45, 2.75) is 44.7 Å². The predicted molar refractivity (Wildman–Crippen MR) is 111 cm³/mol. The number of aromatic nitrogens is 5. The van der Waals surface area contributed by atoms with Gasteiger partial charge in [-0.05, 0) is 31.9 Å². The van der Waals surface area contributed by atoms with E-state index in [0.29, 0.717) is 29.9 Å². The van der Waals surface area contributed by atoms with Gasteiger partial charge in [-0.25, -0.2) is 4.68 Å². The second-order valence-electron chi connectivity index (χ2n) is 8.24. The first-order valence-corrected chi connectivity index (χ1v) is 10.9. The third-order valence-electron chi connectivity index (χ3n) is 5.52. The van der Waals surface area contributed by atoms with Crippen molar-refractivity contribution in [3.63, 3.8) is 0 Å². The van der Waals surface area contributed by atoms with E-state index in [2.05, 4.69) is 25.5 Å². The van der Waals surface area contributed by atoms with E-state index in [4.69, 9.17) is 4.52 Å². The van der Waals surface area contributed by atoms with Gasteiger partial charge in [0.05, 0.1) is 0 Å². The molecule has 1 fully saturated rings. The van der Waals surface area contributed by atoms with Crippen molar-refractivity contribution in [3.8, 4) is 11.4 Å². The number of halogens is 6. The molecule has 3 aromatic rings. The summed E-state index contributed by atoms with van der Waals surface area (Å²) in [7, 11) is 0. The van der Waals surface area contributed by atoms with Gasteiger partial charge in [-0.15, -0.1) is 0 Å². The van der Waals surface area contributed by atoms with E-state index < -0.39 is 53.8 Å². The maximum Gasteiger partial charge on any atom is 0.435 e. The summed E-state index contributed by atoms with van der Waals surface area (Å²) in [5.41, 5.74) is -3.09. The van der Waals surface area contributed by atoms with Crippen LogP contribution in [0.5, 0.6) is 0 Å². The van der Waals surface area contributed by atoms with Crippen molar-refractivity contribution >= 4 is 11.8 Å². The van der Waals surface area contributed by atoms with E-state index in [1.54, 1.807) is 0 Å². The lowest BCUT2D eigenvalue weighted by Crippen LogP contribution is -2.34. The number of carbonyl (C=O) groups is 2. The molecule has 3 aromatic heterocycles. The van der Waals surface area contributed by atoms with Gasteiger partial charge in [0, 0.05) is 30.9 Å². The van der Waals surface area contributed by atoms with Crippen LogP contribution in [0.15, 0.2) is 28.9 Å². The van der Waals surface area contributed by atoms with Crippen molar-refractivity contribution in [1.29, 1.82) is 0 Å². The highest BCUT2D eigenvalue weighted by Crippen LogP contribution is 2.31. The first-order valence-electron chi connectivity index (χ1n) is 10.9. The Balaban J connectivity index is 1.52. The van der Waals surface area contributed by atoms with Crippen molar-refractivity contribution in [2.24, 2.45) is 0 Å². The molecule has 1 aliphatic rings. The molecule has 1 saturated heterocycles. The molecule has 0 radical (unpaired) electrons. The smallest absolute Gasteiger partial charge is 0.341 e. The molecule has 1 atom stereocenters. The fourth-order valence-electron chi connectivity index (χ4n) is 3.64. The van der Waals surface area contributed by atoms with Crippen LogP contribution in [0, 0.1) is 0 Å². The van der Waals surface area contributed by atoms with Gasteiger partial charge < -0.3 is 14.7 Å². The highest BCUT2D eigenvalue weighted by Gasteiger charge is 2.37. The van der Waals surface area contributed by atoms with Gasteiger partial charge in [0.15, 0.2) is 5.69 Å². The number of hydrogen-bond acceptors (Lipinski definition) is 7. The molecule has 198 valence electrons. The Bertz CT molecular complexity index is 1290. The molecule has 10 nitrogen and oxygen atoms in total. The predicted octanol–water partition coefficient (Wildman–Crippen LogP) is 3.48. The van der Waals surface area contributed by atoms with Crippen molar-refractivity contribution in [3.05, 3.63) is 47.4 Å². The maximum atomic E-state index is 13.3. The Morgan fingerprint density at radius 3 is 2.41 bits per heavy atom. The number of rotatable bonds is 6. The molecule has 2 amide bonds. The summed E-state index contributed by atoms with van der Waals surface area (Å²) in [4.78, 5) is 34.0. The number of amides is 2. The average molecular weight is 531 g/mol. The van der Waals surface area contributed by atoms with E-state index in [1.807, 2.05) is 0 Å². The summed E-state index contributed by atoms with van der Waals surface area (Å²) in [6.07, 6.45) is -7.09. The largest absolute Gasteiger partial charge is 0.435 e. The van der Waals surface area contributed by atoms with E-state index in [-0.39, 0.29) is 17.3 Å². The number of nitrogens with one attached hydrogen (secondary N) is 1. The summed E-state index contributed by atoms with van der Waals surface area (Å²) >= 11 is 0. The number of pyridine rings is 1. The minimum absolute atomic E-state index is 0.0517. The molecule has 37 heavy (non-hydrogen) atoms. The van der Waals surface area contributed by atoms with Crippen LogP contribution < -0.4 is 5.32 Å². The summed E-state index contributed by atoms with van der Waals surface area (Å²) < 4.78 is 84.3. The number of hydrogen-bond donors (Lipinski definition) is 1. The van der Waals surface area contributed by atoms with Gasteiger partial charge in [-0.2, -0.15) is 36.4 Å². The fraction of sp³-hybridized carbons (Fsp3) is 0.429. The Morgan fingerprint density at radius 2 is 1.76 bits per heavy atom. The van der Waals surface area contributed by atoms with Gasteiger partial charge in [-0.1, -0.05) is 5.16 Å². The first kappa shape index (κ1) is 26.1. The number of likely N-dealkylation sites (tertiary alicyclic amines) is 1. The molecule has 1 aliphatic heterocycles. The molecule has 0 saturated carbocycles.